The standard InChI is InChI=1S/C26H29FN6O3/c1-15-13-32(21(34)10-9-17-5-7-18(12-28)8-6-17)14-16(2)33(15)26-30-23-19(25(29)31-26)11-20(35-3)24(36-4)22(23)27/h5-8,11,15-16H,9-10,13-14H2,1-4H3,(H2,29,30,31)/t15-,16+. The molecule has 1 aliphatic rings. The highest BCUT2D eigenvalue weighted by atomic mass is 19.1. The Morgan fingerprint density at radius 1 is 1.17 bits per heavy atom. The molecule has 2 N–H and O–H groups in total. The lowest BCUT2D eigenvalue weighted by Crippen LogP contribution is -2.58. The molecule has 3 aromatic rings. The van der Waals surface area contributed by atoms with E-state index in [0.29, 0.717) is 42.8 Å². The van der Waals surface area contributed by atoms with Crippen molar-refractivity contribution in [1.82, 2.24) is 14.9 Å². The molecule has 1 fully saturated rings. The highest BCUT2D eigenvalue weighted by Gasteiger charge is 2.34. The van der Waals surface area contributed by atoms with Gasteiger partial charge in [0.05, 0.1) is 25.9 Å². The molecule has 0 saturated carbocycles. The Kier molecular flexibility index (Phi) is 7.10. The highest BCUT2D eigenvalue weighted by molar-refractivity contribution is 5.92. The Labute approximate surface area is 209 Å². The Morgan fingerprint density at radius 2 is 1.83 bits per heavy atom. The quantitative estimate of drug-likeness (QED) is 0.557. The number of fused-ring (bicyclic) bond motifs is 1. The first-order valence-corrected chi connectivity index (χ1v) is 11.7. The van der Waals surface area contributed by atoms with Crippen LogP contribution in [0.1, 0.15) is 31.4 Å². The second-order valence-corrected chi connectivity index (χ2v) is 8.94. The number of benzene rings is 2. The maximum Gasteiger partial charge on any atom is 0.228 e. The fourth-order valence-corrected chi connectivity index (χ4v) is 4.73. The number of hydrogen-bond donors (Lipinski definition) is 1. The van der Waals surface area contributed by atoms with Gasteiger partial charge in [0, 0.05) is 37.0 Å². The number of amides is 1. The lowest BCUT2D eigenvalue weighted by atomic mass is 10.0. The predicted molar refractivity (Wildman–Crippen MR) is 134 cm³/mol. The van der Waals surface area contributed by atoms with Gasteiger partial charge in [0.15, 0.2) is 17.3 Å². The Morgan fingerprint density at radius 3 is 2.42 bits per heavy atom. The van der Waals surface area contributed by atoms with Crippen LogP contribution in [0.15, 0.2) is 30.3 Å². The normalized spacial score (nSPS) is 17.7. The van der Waals surface area contributed by atoms with Gasteiger partial charge in [-0.3, -0.25) is 4.79 Å². The van der Waals surface area contributed by atoms with Gasteiger partial charge in [-0.05, 0) is 44.0 Å². The third kappa shape index (κ3) is 4.69. The number of nitrogen functional groups attached to an aromatic ring is 1. The fourth-order valence-electron chi connectivity index (χ4n) is 4.73. The zero-order valence-electron chi connectivity index (χ0n) is 20.8. The number of methoxy groups -OCH3 is 2. The molecule has 0 radical (unpaired) electrons. The molecule has 0 aliphatic carbocycles. The molecule has 1 aromatic heterocycles. The van der Waals surface area contributed by atoms with E-state index in [1.807, 2.05) is 35.8 Å². The molecule has 2 heterocycles. The van der Waals surface area contributed by atoms with Crippen LogP contribution in [0, 0.1) is 17.1 Å². The lowest BCUT2D eigenvalue weighted by Gasteiger charge is -2.44. The molecule has 4 rings (SSSR count). The van der Waals surface area contributed by atoms with E-state index in [4.69, 9.17) is 20.5 Å². The first-order valence-electron chi connectivity index (χ1n) is 11.7. The van der Waals surface area contributed by atoms with Crippen LogP contribution in [-0.2, 0) is 11.2 Å². The zero-order chi connectivity index (χ0) is 26.0. The summed E-state index contributed by atoms with van der Waals surface area (Å²) < 4.78 is 25.6. The molecule has 10 heteroatoms. The summed E-state index contributed by atoms with van der Waals surface area (Å²) in [6, 6.07) is 10.7. The number of aryl methyl sites for hydroxylation is 1. The van der Waals surface area contributed by atoms with Gasteiger partial charge in [0.25, 0.3) is 0 Å². The van der Waals surface area contributed by atoms with Gasteiger partial charge in [-0.15, -0.1) is 0 Å². The molecular weight excluding hydrogens is 463 g/mol. The van der Waals surface area contributed by atoms with Gasteiger partial charge < -0.3 is 25.0 Å². The number of carbonyl (C=O) groups excluding carboxylic acids is 1. The number of nitrogens with two attached hydrogens (primary N) is 1. The van der Waals surface area contributed by atoms with E-state index in [-0.39, 0.29) is 40.8 Å². The Bertz CT molecular complexity index is 1310. The van der Waals surface area contributed by atoms with E-state index in [1.165, 1.54) is 14.2 Å². The van der Waals surface area contributed by atoms with Gasteiger partial charge >= 0.3 is 0 Å². The number of rotatable bonds is 6. The smallest absolute Gasteiger partial charge is 0.228 e. The molecule has 1 saturated heterocycles. The SMILES string of the molecule is COc1cc2c(N)nc(N3[C@H](C)CN(C(=O)CCc4ccc(C#N)cc4)C[C@@H]3C)nc2c(F)c1OC. The largest absolute Gasteiger partial charge is 0.493 e. The van der Waals surface area contributed by atoms with Gasteiger partial charge in [-0.2, -0.15) is 10.2 Å². The van der Waals surface area contributed by atoms with E-state index >= 15 is 4.39 Å². The first-order chi connectivity index (χ1) is 17.3. The van der Waals surface area contributed by atoms with Crippen LogP contribution < -0.4 is 20.1 Å². The van der Waals surface area contributed by atoms with Gasteiger partial charge in [-0.1, -0.05) is 12.1 Å². The monoisotopic (exact) mass is 492 g/mol. The summed E-state index contributed by atoms with van der Waals surface area (Å²) in [5, 5.41) is 9.27. The van der Waals surface area contributed by atoms with Crippen molar-refractivity contribution in [3.8, 4) is 17.6 Å². The topological polar surface area (TPSA) is 118 Å². The fraction of sp³-hybridized carbons (Fsp3) is 0.385. The van der Waals surface area contributed by atoms with E-state index in [9.17, 15) is 4.79 Å². The van der Waals surface area contributed by atoms with Crippen LogP contribution in [0.3, 0.4) is 0 Å². The van der Waals surface area contributed by atoms with Crippen molar-refractivity contribution >= 4 is 28.6 Å². The molecule has 0 unspecified atom stereocenters. The van der Waals surface area contributed by atoms with Crippen molar-refractivity contribution in [3.63, 3.8) is 0 Å². The summed E-state index contributed by atoms with van der Waals surface area (Å²) in [7, 11) is 2.78. The highest BCUT2D eigenvalue weighted by Crippen LogP contribution is 2.38. The van der Waals surface area contributed by atoms with Crippen LogP contribution in [-0.4, -0.2) is 60.2 Å². The Hall–Kier alpha value is -4.13. The summed E-state index contributed by atoms with van der Waals surface area (Å²) in [5.41, 5.74) is 7.86. The van der Waals surface area contributed by atoms with Crippen molar-refractivity contribution in [3.05, 3.63) is 47.3 Å². The summed E-state index contributed by atoms with van der Waals surface area (Å²) in [6.07, 6.45) is 0.972. The number of ether oxygens (including phenoxy) is 2. The van der Waals surface area contributed by atoms with Gasteiger partial charge in [-0.25, -0.2) is 9.37 Å². The van der Waals surface area contributed by atoms with Crippen molar-refractivity contribution in [2.45, 2.75) is 38.8 Å². The molecule has 9 nitrogen and oxygen atoms in total. The summed E-state index contributed by atoms with van der Waals surface area (Å²) >= 11 is 0. The van der Waals surface area contributed by atoms with Crippen LogP contribution in [0.4, 0.5) is 16.2 Å². The zero-order valence-corrected chi connectivity index (χ0v) is 20.8. The molecule has 2 aromatic carbocycles. The lowest BCUT2D eigenvalue weighted by molar-refractivity contribution is -0.132. The molecular formula is C26H29FN6O3. The minimum Gasteiger partial charge on any atom is -0.493 e. The van der Waals surface area contributed by atoms with E-state index in [1.54, 1.807) is 18.2 Å². The molecule has 0 bridgehead atoms. The van der Waals surface area contributed by atoms with Crippen molar-refractivity contribution in [2.24, 2.45) is 0 Å². The van der Waals surface area contributed by atoms with Crippen LogP contribution in [0.2, 0.25) is 0 Å². The van der Waals surface area contributed by atoms with Gasteiger partial charge in [0.1, 0.15) is 11.3 Å². The minimum absolute atomic E-state index is 0.0483. The predicted octanol–water partition coefficient (Wildman–Crippen LogP) is 3.30. The summed E-state index contributed by atoms with van der Waals surface area (Å²) in [5.74, 6) is -0.0159. The third-order valence-electron chi connectivity index (χ3n) is 6.51. The van der Waals surface area contributed by atoms with Crippen molar-refractivity contribution < 1.29 is 18.7 Å². The number of hydrogen-bond acceptors (Lipinski definition) is 8. The van der Waals surface area contributed by atoms with Gasteiger partial charge in [0.2, 0.25) is 11.9 Å². The molecule has 1 aliphatic heterocycles. The van der Waals surface area contributed by atoms with Crippen molar-refractivity contribution in [1.29, 1.82) is 5.26 Å². The summed E-state index contributed by atoms with van der Waals surface area (Å²) in [4.78, 5) is 25.7. The summed E-state index contributed by atoms with van der Waals surface area (Å²) in [6.45, 7) is 4.91. The van der Waals surface area contributed by atoms with Crippen LogP contribution >= 0.6 is 0 Å². The molecule has 2 atom stereocenters. The van der Waals surface area contributed by atoms with Crippen molar-refractivity contribution in [2.75, 3.05) is 37.9 Å². The van der Waals surface area contributed by atoms with Crippen LogP contribution in [0.25, 0.3) is 10.9 Å². The second kappa shape index (κ2) is 10.2. The van der Waals surface area contributed by atoms with E-state index in [0.717, 1.165) is 5.56 Å². The number of anilines is 2. The van der Waals surface area contributed by atoms with Crippen LogP contribution in [0.5, 0.6) is 11.5 Å². The average molecular weight is 493 g/mol. The van der Waals surface area contributed by atoms with E-state index in [2.05, 4.69) is 16.0 Å². The van der Waals surface area contributed by atoms with E-state index < -0.39 is 5.82 Å². The third-order valence-corrected chi connectivity index (χ3v) is 6.51. The Balaban J connectivity index is 1.52. The number of nitrogens with zero attached hydrogens (tertiary/aromatic N) is 5. The number of nitriles is 1. The number of aromatic nitrogens is 2. The number of carbonyl (C=O) groups is 1. The molecule has 1 amide bonds. The number of piperazine rings is 1. The molecule has 188 valence electrons. The number of halogens is 1. The molecule has 36 heavy (non-hydrogen) atoms. The maximum atomic E-state index is 15.2. The molecule has 0 spiro atoms. The average Bonchev–Trinajstić information content (AvgIpc) is 2.87. The minimum atomic E-state index is -0.667. The first kappa shape index (κ1) is 25.0. The maximum absolute atomic E-state index is 15.2. The second-order valence-electron chi connectivity index (χ2n) is 8.94.